The van der Waals surface area contributed by atoms with Crippen LogP contribution in [0.2, 0.25) is 0 Å². The fourth-order valence-corrected chi connectivity index (χ4v) is 2.63. The molecule has 10 heteroatoms. The SMILES string of the molecule is NC(N)=NCCCCc1nccc2c1[nH]c1ccccc12.O=C(O)C(F)(F)F. The lowest BCUT2D eigenvalue weighted by atomic mass is 10.1. The summed E-state index contributed by atoms with van der Waals surface area (Å²) in [7, 11) is 0. The molecule has 3 aromatic rings. The van der Waals surface area contributed by atoms with Crippen molar-refractivity contribution in [3.8, 4) is 0 Å². The van der Waals surface area contributed by atoms with Crippen molar-refractivity contribution in [1.29, 1.82) is 0 Å². The van der Waals surface area contributed by atoms with Crippen LogP contribution >= 0.6 is 0 Å². The summed E-state index contributed by atoms with van der Waals surface area (Å²) in [5, 5.41) is 9.61. The molecule has 0 amide bonds. The molecule has 2 aromatic heterocycles. The van der Waals surface area contributed by atoms with E-state index in [0.29, 0.717) is 6.54 Å². The van der Waals surface area contributed by atoms with E-state index in [4.69, 9.17) is 21.4 Å². The number of aromatic nitrogens is 2. The smallest absolute Gasteiger partial charge is 0.475 e. The number of halogens is 3. The van der Waals surface area contributed by atoms with Gasteiger partial charge in [0.1, 0.15) is 0 Å². The van der Waals surface area contributed by atoms with Crippen molar-refractivity contribution in [1.82, 2.24) is 9.97 Å². The molecular formula is C18H20F3N5O2. The number of nitrogens with two attached hydrogens (primary N) is 2. The number of aliphatic carboxylic acids is 1. The molecule has 0 spiro atoms. The van der Waals surface area contributed by atoms with Gasteiger partial charge in [0.05, 0.1) is 11.2 Å². The Labute approximate surface area is 158 Å². The Hall–Kier alpha value is -3.30. The molecule has 0 saturated heterocycles. The number of aliphatic imine (C=N–C) groups is 1. The first kappa shape index (κ1) is 21.0. The summed E-state index contributed by atoms with van der Waals surface area (Å²) >= 11 is 0. The maximum absolute atomic E-state index is 10.6. The molecule has 0 aliphatic carbocycles. The number of hydrogen-bond acceptors (Lipinski definition) is 3. The maximum atomic E-state index is 10.6. The minimum absolute atomic E-state index is 0.158. The van der Waals surface area contributed by atoms with E-state index in [1.54, 1.807) is 0 Å². The second-order valence-corrected chi connectivity index (χ2v) is 5.92. The van der Waals surface area contributed by atoms with E-state index in [2.05, 4.69) is 39.2 Å². The van der Waals surface area contributed by atoms with Crippen molar-refractivity contribution in [3.05, 3.63) is 42.2 Å². The number of benzene rings is 1. The lowest BCUT2D eigenvalue weighted by Crippen LogP contribution is -2.22. The molecule has 28 heavy (non-hydrogen) atoms. The number of carbonyl (C=O) groups is 1. The quantitative estimate of drug-likeness (QED) is 0.300. The third-order valence-electron chi connectivity index (χ3n) is 3.86. The Kier molecular flexibility index (Phi) is 6.80. The van der Waals surface area contributed by atoms with Gasteiger partial charge in [-0.2, -0.15) is 13.2 Å². The number of alkyl halides is 3. The first-order valence-corrected chi connectivity index (χ1v) is 8.40. The highest BCUT2D eigenvalue weighted by Gasteiger charge is 2.38. The summed E-state index contributed by atoms with van der Waals surface area (Å²) in [6, 6.07) is 10.4. The van der Waals surface area contributed by atoms with E-state index in [-0.39, 0.29) is 5.96 Å². The van der Waals surface area contributed by atoms with E-state index in [1.807, 2.05) is 12.3 Å². The van der Waals surface area contributed by atoms with Gasteiger partial charge >= 0.3 is 12.1 Å². The van der Waals surface area contributed by atoms with Crippen molar-refractivity contribution >= 4 is 33.7 Å². The van der Waals surface area contributed by atoms with Gasteiger partial charge in [0, 0.05) is 29.0 Å². The highest BCUT2D eigenvalue weighted by molar-refractivity contribution is 6.07. The number of carboxylic acids is 1. The lowest BCUT2D eigenvalue weighted by Gasteiger charge is -2.02. The van der Waals surface area contributed by atoms with E-state index >= 15 is 0 Å². The van der Waals surface area contributed by atoms with Crippen LogP contribution in [0.5, 0.6) is 0 Å². The average Bonchev–Trinajstić information content (AvgIpc) is 3.00. The van der Waals surface area contributed by atoms with Gasteiger partial charge in [-0.3, -0.25) is 9.98 Å². The summed E-state index contributed by atoms with van der Waals surface area (Å²) in [4.78, 5) is 20.9. The molecule has 7 nitrogen and oxygen atoms in total. The third-order valence-corrected chi connectivity index (χ3v) is 3.86. The fourth-order valence-electron chi connectivity index (χ4n) is 2.63. The number of nitrogens with one attached hydrogen (secondary N) is 1. The van der Waals surface area contributed by atoms with Crippen LogP contribution in [0, 0.1) is 0 Å². The van der Waals surface area contributed by atoms with Crippen molar-refractivity contribution in [2.75, 3.05) is 6.54 Å². The number of unbranched alkanes of at least 4 members (excludes halogenated alkanes) is 1. The monoisotopic (exact) mass is 395 g/mol. The summed E-state index contributed by atoms with van der Waals surface area (Å²) in [6.07, 6.45) is -0.313. The first-order valence-electron chi connectivity index (χ1n) is 8.40. The zero-order valence-corrected chi connectivity index (χ0v) is 14.8. The molecule has 0 radical (unpaired) electrons. The molecular weight excluding hydrogens is 375 g/mol. The molecule has 0 fully saturated rings. The van der Waals surface area contributed by atoms with Crippen LogP contribution in [0.3, 0.4) is 0 Å². The Balaban J connectivity index is 0.000000345. The average molecular weight is 395 g/mol. The molecule has 0 unspecified atom stereocenters. The van der Waals surface area contributed by atoms with Crippen LogP contribution < -0.4 is 11.5 Å². The molecule has 0 saturated carbocycles. The van der Waals surface area contributed by atoms with Gasteiger partial charge in [-0.05, 0) is 31.4 Å². The molecule has 3 rings (SSSR count). The van der Waals surface area contributed by atoms with Gasteiger partial charge in [-0.25, -0.2) is 4.79 Å². The highest BCUT2D eigenvalue weighted by atomic mass is 19.4. The minimum atomic E-state index is -5.08. The standard InChI is InChI=1S/C16H19N5.C2HF3O2/c17-16(18)20-9-4-3-7-14-15-12(8-10-19-14)11-5-1-2-6-13(11)21-15;3-2(4,5)1(6)7/h1-2,5-6,8,10,21H,3-4,7,9H2,(H4,17,18,20);(H,6,7). The fraction of sp³-hybridized carbons (Fsp3) is 0.278. The summed E-state index contributed by atoms with van der Waals surface area (Å²) in [5.74, 6) is -2.60. The van der Waals surface area contributed by atoms with Crippen molar-refractivity contribution in [2.24, 2.45) is 16.5 Å². The minimum Gasteiger partial charge on any atom is -0.475 e. The molecule has 150 valence electrons. The predicted molar refractivity (Wildman–Crippen MR) is 101 cm³/mol. The van der Waals surface area contributed by atoms with E-state index in [9.17, 15) is 13.2 Å². The Bertz CT molecular complexity index is 978. The van der Waals surface area contributed by atoms with E-state index < -0.39 is 12.1 Å². The topological polar surface area (TPSA) is 130 Å². The highest BCUT2D eigenvalue weighted by Crippen LogP contribution is 2.26. The number of guanidine groups is 1. The number of H-pyrrole nitrogens is 1. The molecule has 0 aliphatic heterocycles. The number of fused-ring (bicyclic) bond motifs is 3. The van der Waals surface area contributed by atoms with Crippen LogP contribution in [-0.2, 0) is 11.2 Å². The summed E-state index contributed by atoms with van der Waals surface area (Å²) in [6.45, 7) is 0.672. The number of rotatable bonds is 5. The van der Waals surface area contributed by atoms with Crippen molar-refractivity contribution < 1.29 is 23.1 Å². The van der Waals surface area contributed by atoms with Crippen LogP contribution in [0.4, 0.5) is 13.2 Å². The van der Waals surface area contributed by atoms with Gasteiger partial charge in [0.15, 0.2) is 5.96 Å². The van der Waals surface area contributed by atoms with E-state index in [1.165, 1.54) is 10.8 Å². The Morgan fingerprint density at radius 3 is 2.46 bits per heavy atom. The molecule has 2 heterocycles. The zero-order valence-electron chi connectivity index (χ0n) is 14.8. The summed E-state index contributed by atoms with van der Waals surface area (Å²) in [5.41, 5.74) is 14.0. The molecule has 0 atom stereocenters. The number of nitrogens with zero attached hydrogens (tertiary/aromatic N) is 2. The normalized spacial score (nSPS) is 11.1. The maximum Gasteiger partial charge on any atom is 0.490 e. The number of aromatic amines is 1. The van der Waals surface area contributed by atoms with E-state index in [0.717, 1.165) is 36.0 Å². The first-order chi connectivity index (χ1) is 13.2. The van der Waals surface area contributed by atoms with Gasteiger partial charge < -0.3 is 21.6 Å². The molecule has 0 aliphatic rings. The Morgan fingerprint density at radius 2 is 1.82 bits per heavy atom. The van der Waals surface area contributed by atoms with Crippen molar-refractivity contribution in [2.45, 2.75) is 25.4 Å². The van der Waals surface area contributed by atoms with Gasteiger partial charge in [-0.15, -0.1) is 0 Å². The number of carboxylic acid groups (broad SMARTS) is 1. The second-order valence-electron chi connectivity index (χ2n) is 5.92. The largest absolute Gasteiger partial charge is 0.490 e. The lowest BCUT2D eigenvalue weighted by molar-refractivity contribution is -0.192. The second kappa shape index (κ2) is 9.07. The summed E-state index contributed by atoms with van der Waals surface area (Å²) < 4.78 is 31.7. The zero-order chi connectivity index (χ0) is 20.7. The Morgan fingerprint density at radius 1 is 1.14 bits per heavy atom. The molecule has 0 bridgehead atoms. The number of pyridine rings is 1. The molecule has 6 N–H and O–H groups in total. The van der Waals surface area contributed by atoms with Crippen LogP contribution in [-0.4, -0.2) is 39.7 Å². The van der Waals surface area contributed by atoms with Crippen LogP contribution in [0.25, 0.3) is 21.8 Å². The van der Waals surface area contributed by atoms with Gasteiger partial charge in [0.2, 0.25) is 0 Å². The van der Waals surface area contributed by atoms with Gasteiger partial charge in [-0.1, -0.05) is 18.2 Å². The predicted octanol–water partition coefficient (Wildman–Crippen LogP) is 2.95. The van der Waals surface area contributed by atoms with Gasteiger partial charge in [0.25, 0.3) is 0 Å². The number of para-hydroxylation sites is 1. The van der Waals surface area contributed by atoms with Crippen LogP contribution in [0.1, 0.15) is 18.5 Å². The number of hydrogen-bond donors (Lipinski definition) is 4. The number of aryl methyl sites for hydroxylation is 1. The molecule has 1 aromatic carbocycles. The van der Waals surface area contributed by atoms with Crippen molar-refractivity contribution in [3.63, 3.8) is 0 Å². The third kappa shape index (κ3) is 5.60. The van der Waals surface area contributed by atoms with Crippen LogP contribution in [0.15, 0.2) is 41.5 Å².